The maximum Gasteiger partial charge on any atom is 0.0385 e. The minimum absolute atomic E-state index is 1.05. The average molecular weight is 239 g/mol. The summed E-state index contributed by atoms with van der Waals surface area (Å²) in [5.41, 5.74) is 0. The van der Waals surface area contributed by atoms with Crippen LogP contribution in [-0.2, 0) is 0 Å². The molecule has 0 unspecified atom stereocenters. The van der Waals surface area contributed by atoms with Gasteiger partial charge in [0, 0.05) is 6.54 Å². The molecule has 0 fully saturated rings. The molecular formula is C16H33N. The molecule has 0 rings (SSSR count). The number of rotatable bonds is 13. The van der Waals surface area contributed by atoms with Gasteiger partial charge in [0.25, 0.3) is 0 Å². The highest BCUT2D eigenvalue weighted by Crippen LogP contribution is 2.08. The lowest BCUT2D eigenvalue weighted by atomic mass is 10.1. The molecule has 0 atom stereocenters. The number of hydrogen-bond acceptors (Lipinski definition) is 1. The van der Waals surface area contributed by atoms with Crippen LogP contribution in [0.4, 0.5) is 0 Å². The van der Waals surface area contributed by atoms with Crippen LogP contribution in [0.1, 0.15) is 90.9 Å². The monoisotopic (exact) mass is 239 g/mol. The number of aliphatic imine (C=N–C) groups is 1. The van der Waals surface area contributed by atoms with E-state index in [2.05, 4.69) is 25.1 Å². The van der Waals surface area contributed by atoms with Crippen molar-refractivity contribution in [2.24, 2.45) is 4.99 Å². The first-order chi connectivity index (χ1) is 8.41. The molecule has 1 heteroatoms. The Morgan fingerprint density at radius 3 is 1.82 bits per heavy atom. The molecule has 0 saturated carbocycles. The molecule has 102 valence electrons. The molecule has 0 aliphatic rings. The number of hydrogen-bond donors (Lipinski definition) is 0. The second-order valence-electron chi connectivity index (χ2n) is 5.06. The van der Waals surface area contributed by atoms with Crippen LogP contribution < -0.4 is 0 Å². The molecule has 0 spiro atoms. The van der Waals surface area contributed by atoms with Crippen molar-refractivity contribution in [3.63, 3.8) is 0 Å². The van der Waals surface area contributed by atoms with Gasteiger partial charge in [-0.2, -0.15) is 0 Å². The van der Waals surface area contributed by atoms with Crippen molar-refractivity contribution in [1.29, 1.82) is 0 Å². The van der Waals surface area contributed by atoms with E-state index in [4.69, 9.17) is 0 Å². The van der Waals surface area contributed by atoms with Crippen molar-refractivity contribution in [1.82, 2.24) is 0 Å². The Morgan fingerprint density at radius 2 is 1.18 bits per heavy atom. The average Bonchev–Trinajstić information content (AvgIpc) is 2.35. The van der Waals surface area contributed by atoms with Crippen molar-refractivity contribution >= 4 is 6.21 Å². The van der Waals surface area contributed by atoms with Gasteiger partial charge in [-0.1, -0.05) is 71.6 Å². The maximum absolute atomic E-state index is 4.44. The summed E-state index contributed by atoms with van der Waals surface area (Å²) in [4.78, 5) is 4.44. The van der Waals surface area contributed by atoms with E-state index in [1.807, 2.05) is 0 Å². The van der Waals surface area contributed by atoms with Gasteiger partial charge in [0.2, 0.25) is 0 Å². The standard InChI is InChI=1S/C16H33N/c1-3-5-7-8-9-10-11-12-14-16-17-15-13-6-4-2/h16H,3-15H2,1-2H3. The van der Waals surface area contributed by atoms with E-state index < -0.39 is 0 Å². The van der Waals surface area contributed by atoms with E-state index in [-0.39, 0.29) is 0 Å². The van der Waals surface area contributed by atoms with Crippen LogP contribution in [-0.4, -0.2) is 12.8 Å². The third-order valence-corrected chi connectivity index (χ3v) is 3.21. The van der Waals surface area contributed by atoms with Gasteiger partial charge in [0.15, 0.2) is 0 Å². The summed E-state index contributed by atoms with van der Waals surface area (Å²) in [7, 11) is 0. The van der Waals surface area contributed by atoms with Gasteiger partial charge in [0.1, 0.15) is 0 Å². The van der Waals surface area contributed by atoms with Gasteiger partial charge in [-0.15, -0.1) is 0 Å². The van der Waals surface area contributed by atoms with Gasteiger partial charge in [-0.05, 0) is 25.5 Å². The minimum Gasteiger partial charge on any atom is -0.298 e. The summed E-state index contributed by atoms with van der Waals surface area (Å²) in [5, 5.41) is 0. The van der Waals surface area contributed by atoms with Crippen LogP contribution in [0.15, 0.2) is 4.99 Å². The van der Waals surface area contributed by atoms with Crippen molar-refractivity contribution in [2.45, 2.75) is 90.9 Å². The summed E-state index contributed by atoms with van der Waals surface area (Å²) in [6.45, 7) is 5.56. The van der Waals surface area contributed by atoms with E-state index in [9.17, 15) is 0 Å². The summed E-state index contributed by atoms with van der Waals surface area (Å²) < 4.78 is 0. The Balaban J connectivity index is 2.97. The van der Waals surface area contributed by atoms with Crippen LogP contribution in [0.3, 0.4) is 0 Å². The first-order valence-corrected chi connectivity index (χ1v) is 7.90. The molecule has 0 N–H and O–H groups in total. The van der Waals surface area contributed by atoms with Crippen LogP contribution in [0.25, 0.3) is 0 Å². The fourth-order valence-electron chi connectivity index (χ4n) is 2.01. The van der Waals surface area contributed by atoms with Crippen molar-refractivity contribution in [2.75, 3.05) is 6.54 Å². The fraction of sp³-hybridized carbons (Fsp3) is 0.938. The van der Waals surface area contributed by atoms with E-state index in [0.717, 1.165) is 6.54 Å². The Hall–Kier alpha value is -0.330. The van der Waals surface area contributed by atoms with Gasteiger partial charge in [0.05, 0.1) is 0 Å². The Kier molecular flexibility index (Phi) is 15.4. The molecule has 0 aliphatic heterocycles. The molecule has 0 amide bonds. The highest BCUT2D eigenvalue weighted by Gasteiger charge is 1.90. The normalized spacial score (nSPS) is 11.4. The van der Waals surface area contributed by atoms with E-state index in [1.165, 1.54) is 77.0 Å². The van der Waals surface area contributed by atoms with Gasteiger partial charge < -0.3 is 0 Å². The molecule has 0 aromatic carbocycles. The van der Waals surface area contributed by atoms with Crippen molar-refractivity contribution in [3.05, 3.63) is 0 Å². The highest BCUT2D eigenvalue weighted by atomic mass is 14.7. The van der Waals surface area contributed by atoms with Crippen LogP contribution in [0, 0.1) is 0 Å². The van der Waals surface area contributed by atoms with Crippen LogP contribution >= 0.6 is 0 Å². The highest BCUT2D eigenvalue weighted by molar-refractivity contribution is 5.56. The molecule has 0 aromatic rings. The summed E-state index contributed by atoms with van der Waals surface area (Å²) in [6, 6.07) is 0. The maximum atomic E-state index is 4.44. The fourth-order valence-corrected chi connectivity index (χ4v) is 2.01. The number of nitrogens with zero attached hydrogens (tertiary/aromatic N) is 1. The molecule has 17 heavy (non-hydrogen) atoms. The largest absolute Gasteiger partial charge is 0.298 e. The molecular weight excluding hydrogens is 206 g/mol. The van der Waals surface area contributed by atoms with Crippen molar-refractivity contribution in [3.8, 4) is 0 Å². The SMILES string of the molecule is CCCCCCCCCCC=NCCCCC. The van der Waals surface area contributed by atoms with Crippen LogP contribution in [0.5, 0.6) is 0 Å². The third-order valence-electron chi connectivity index (χ3n) is 3.21. The molecule has 0 aliphatic carbocycles. The van der Waals surface area contributed by atoms with Crippen molar-refractivity contribution < 1.29 is 0 Å². The second kappa shape index (κ2) is 15.7. The zero-order chi connectivity index (χ0) is 12.6. The molecule has 0 aromatic heterocycles. The van der Waals surface area contributed by atoms with Crippen LogP contribution in [0.2, 0.25) is 0 Å². The molecule has 0 heterocycles. The van der Waals surface area contributed by atoms with Gasteiger partial charge >= 0.3 is 0 Å². The second-order valence-corrected chi connectivity index (χ2v) is 5.06. The summed E-state index contributed by atoms with van der Waals surface area (Å²) in [6.07, 6.45) is 18.5. The summed E-state index contributed by atoms with van der Waals surface area (Å²) in [5.74, 6) is 0. The number of unbranched alkanes of at least 4 members (excludes halogenated alkanes) is 10. The van der Waals surface area contributed by atoms with E-state index in [0.29, 0.717) is 0 Å². The van der Waals surface area contributed by atoms with Gasteiger partial charge in [-0.3, -0.25) is 4.99 Å². The first kappa shape index (κ1) is 16.7. The lowest BCUT2D eigenvalue weighted by Crippen LogP contribution is -1.84. The Labute approximate surface area is 109 Å². The Bertz CT molecular complexity index is 152. The Morgan fingerprint density at radius 1 is 0.647 bits per heavy atom. The molecule has 0 saturated heterocycles. The van der Waals surface area contributed by atoms with E-state index in [1.54, 1.807) is 0 Å². The zero-order valence-electron chi connectivity index (χ0n) is 12.2. The smallest absolute Gasteiger partial charge is 0.0385 e. The molecule has 0 radical (unpaired) electrons. The lowest BCUT2D eigenvalue weighted by Gasteiger charge is -1.99. The molecule has 1 nitrogen and oxygen atoms in total. The first-order valence-electron chi connectivity index (χ1n) is 7.90. The predicted molar refractivity (Wildman–Crippen MR) is 80.1 cm³/mol. The molecule has 0 bridgehead atoms. The third kappa shape index (κ3) is 15.7. The zero-order valence-corrected chi connectivity index (χ0v) is 12.2. The summed E-state index contributed by atoms with van der Waals surface area (Å²) >= 11 is 0. The predicted octanol–water partition coefficient (Wildman–Crippen LogP) is 5.78. The quantitative estimate of drug-likeness (QED) is 0.285. The topological polar surface area (TPSA) is 12.4 Å². The van der Waals surface area contributed by atoms with Gasteiger partial charge in [-0.25, -0.2) is 0 Å². The minimum atomic E-state index is 1.05. The van der Waals surface area contributed by atoms with E-state index >= 15 is 0 Å². The lowest BCUT2D eigenvalue weighted by molar-refractivity contribution is 0.580.